The third-order valence-corrected chi connectivity index (χ3v) is 4.72. The number of amides is 1. The number of carboxylic acids is 1. The first-order chi connectivity index (χ1) is 9.66. The molecule has 20 heavy (non-hydrogen) atoms. The van der Waals surface area contributed by atoms with E-state index in [-0.39, 0.29) is 23.7 Å². The number of carboxylic acid groups (broad SMARTS) is 1. The summed E-state index contributed by atoms with van der Waals surface area (Å²) < 4.78 is 0. The topological polar surface area (TPSA) is 79.3 Å². The molecule has 1 aromatic rings. The highest BCUT2D eigenvalue weighted by molar-refractivity contribution is 5.86. The summed E-state index contributed by atoms with van der Waals surface area (Å²) in [7, 11) is 0. The molecular formula is C15H18N2O3. The van der Waals surface area contributed by atoms with Crippen molar-refractivity contribution >= 4 is 11.9 Å². The quantitative estimate of drug-likeness (QED) is 0.871. The zero-order chi connectivity index (χ0) is 14.1. The first kappa shape index (κ1) is 13.1. The normalized spacial score (nSPS) is 31.2. The fourth-order valence-electron chi connectivity index (χ4n) is 3.83. The van der Waals surface area contributed by atoms with E-state index >= 15 is 0 Å². The molecule has 1 heterocycles. The maximum Gasteiger partial charge on any atom is 0.307 e. The summed E-state index contributed by atoms with van der Waals surface area (Å²) in [6.07, 6.45) is 6.19. The molecule has 1 aromatic heterocycles. The lowest BCUT2D eigenvalue weighted by atomic mass is 9.78. The van der Waals surface area contributed by atoms with E-state index < -0.39 is 11.9 Å². The first-order valence-corrected chi connectivity index (χ1v) is 7.06. The van der Waals surface area contributed by atoms with Crippen LogP contribution in [0.5, 0.6) is 0 Å². The SMILES string of the molecule is O=C(O)[C@@H]1[C@@H]2CC[C@@H](C2)[C@@H]1C(=O)NCc1ccncc1. The molecule has 0 saturated heterocycles. The second-order valence-corrected chi connectivity index (χ2v) is 5.80. The number of carbonyl (C=O) groups is 2. The van der Waals surface area contributed by atoms with Crippen molar-refractivity contribution in [2.45, 2.75) is 25.8 Å². The van der Waals surface area contributed by atoms with Gasteiger partial charge in [0, 0.05) is 18.9 Å². The number of aliphatic carboxylic acids is 1. The van der Waals surface area contributed by atoms with Crippen LogP contribution in [-0.4, -0.2) is 22.0 Å². The molecule has 1 amide bonds. The fraction of sp³-hybridized carbons (Fsp3) is 0.533. The van der Waals surface area contributed by atoms with Gasteiger partial charge in [-0.15, -0.1) is 0 Å². The second kappa shape index (κ2) is 5.23. The molecule has 2 bridgehead atoms. The Balaban J connectivity index is 1.66. The lowest BCUT2D eigenvalue weighted by molar-refractivity contribution is -0.149. The van der Waals surface area contributed by atoms with Gasteiger partial charge in [-0.25, -0.2) is 0 Å². The average Bonchev–Trinajstić information content (AvgIpc) is 3.06. The largest absolute Gasteiger partial charge is 0.481 e. The first-order valence-electron chi connectivity index (χ1n) is 7.06. The number of fused-ring (bicyclic) bond motifs is 2. The van der Waals surface area contributed by atoms with Crippen LogP contribution < -0.4 is 5.32 Å². The Morgan fingerprint density at radius 2 is 1.85 bits per heavy atom. The number of carbonyl (C=O) groups excluding carboxylic acids is 1. The van der Waals surface area contributed by atoms with Gasteiger partial charge in [0.05, 0.1) is 11.8 Å². The van der Waals surface area contributed by atoms with Gasteiger partial charge in [0.25, 0.3) is 0 Å². The van der Waals surface area contributed by atoms with Crippen LogP contribution in [0.1, 0.15) is 24.8 Å². The number of nitrogens with one attached hydrogen (secondary N) is 1. The summed E-state index contributed by atoms with van der Waals surface area (Å²) in [4.78, 5) is 27.7. The van der Waals surface area contributed by atoms with Gasteiger partial charge in [-0.3, -0.25) is 14.6 Å². The lowest BCUT2D eigenvalue weighted by Crippen LogP contribution is -2.41. The van der Waals surface area contributed by atoms with Crippen LogP contribution >= 0.6 is 0 Å². The molecule has 5 heteroatoms. The predicted molar refractivity (Wildman–Crippen MR) is 71.5 cm³/mol. The van der Waals surface area contributed by atoms with Crippen molar-refractivity contribution in [3.8, 4) is 0 Å². The Labute approximate surface area is 117 Å². The van der Waals surface area contributed by atoms with Crippen LogP contribution in [0.4, 0.5) is 0 Å². The van der Waals surface area contributed by atoms with Gasteiger partial charge in [-0.1, -0.05) is 0 Å². The van der Waals surface area contributed by atoms with Crippen LogP contribution in [0, 0.1) is 23.7 Å². The monoisotopic (exact) mass is 274 g/mol. The van der Waals surface area contributed by atoms with E-state index in [1.165, 1.54) is 0 Å². The van der Waals surface area contributed by atoms with Crippen molar-refractivity contribution in [3.05, 3.63) is 30.1 Å². The number of hydrogen-bond acceptors (Lipinski definition) is 3. The molecule has 3 rings (SSSR count). The molecule has 2 saturated carbocycles. The zero-order valence-corrected chi connectivity index (χ0v) is 11.2. The highest BCUT2D eigenvalue weighted by Crippen LogP contribution is 2.52. The van der Waals surface area contributed by atoms with Crippen molar-refractivity contribution in [2.75, 3.05) is 0 Å². The Hall–Kier alpha value is -1.91. The van der Waals surface area contributed by atoms with Gasteiger partial charge in [-0.05, 0) is 48.8 Å². The van der Waals surface area contributed by atoms with Gasteiger partial charge in [0.1, 0.15) is 0 Å². The third-order valence-electron chi connectivity index (χ3n) is 4.72. The van der Waals surface area contributed by atoms with E-state index in [4.69, 9.17) is 0 Å². The highest BCUT2D eigenvalue weighted by Gasteiger charge is 2.53. The molecule has 0 spiro atoms. The minimum Gasteiger partial charge on any atom is -0.481 e. The molecule has 0 unspecified atom stereocenters. The molecule has 0 aliphatic heterocycles. The number of rotatable bonds is 4. The second-order valence-electron chi connectivity index (χ2n) is 5.80. The van der Waals surface area contributed by atoms with Crippen molar-refractivity contribution in [1.82, 2.24) is 10.3 Å². The van der Waals surface area contributed by atoms with E-state index in [1.54, 1.807) is 12.4 Å². The molecule has 5 nitrogen and oxygen atoms in total. The maximum atomic E-state index is 12.3. The van der Waals surface area contributed by atoms with E-state index in [0.717, 1.165) is 24.8 Å². The van der Waals surface area contributed by atoms with Crippen LogP contribution in [0.15, 0.2) is 24.5 Å². The Morgan fingerprint density at radius 1 is 1.20 bits per heavy atom. The van der Waals surface area contributed by atoms with E-state index in [1.807, 2.05) is 12.1 Å². The van der Waals surface area contributed by atoms with Gasteiger partial charge in [0.15, 0.2) is 0 Å². The number of nitrogens with zero attached hydrogens (tertiary/aromatic N) is 1. The van der Waals surface area contributed by atoms with Crippen LogP contribution in [0.2, 0.25) is 0 Å². The molecule has 106 valence electrons. The average molecular weight is 274 g/mol. The number of pyridine rings is 1. The van der Waals surface area contributed by atoms with Gasteiger partial charge in [0.2, 0.25) is 5.91 Å². The third kappa shape index (κ3) is 2.28. The molecule has 2 aliphatic carbocycles. The van der Waals surface area contributed by atoms with Crippen LogP contribution in [0.25, 0.3) is 0 Å². The molecule has 2 N–H and O–H groups in total. The van der Waals surface area contributed by atoms with Gasteiger partial charge in [-0.2, -0.15) is 0 Å². The Bertz CT molecular complexity index is 517. The van der Waals surface area contributed by atoms with E-state index in [9.17, 15) is 14.7 Å². The number of aromatic nitrogens is 1. The summed E-state index contributed by atoms with van der Waals surface area (Å²) >= 11 is 0. The fourth-order valence-corrected chi connectivity index (χ4v) is 3.83. The summed E-state index contributed by atoms with van der Waals surface area (Å²) in [6.45, 7) is 0.432. The van der Waals surface area contributed by atoms with Gasteiger partial charge < -0.3 is 10.4 Å². The number of hydrogen-bond donors (Lipinski definition) is 2. The van der Waals surface area contributed by atoms with Crippen molar-refractivity contribution in [2.24, 2.45) is 23.7 Å². The molecule has 2 aliphatic rings. The van der Waals surface area contributed by atoms with E-state index in [2.05, 4.69) is 10.3 Å². The Morgan fingerprint density at radius 3 is 2.50 bits per heavy atom. The standard InChI is InChI=1S/C15H18N2O3/c18-14(17-8-9-3-5-16-6-4-9)12-10-1-2-11(7-10)13(12)15(19)20/h3-6,10-13H,1-2,7-8H2,(H,17,18)(H,19,20)/t10-,11+,12-,13+/m0/s1. The molecule has 0 aromatic carbocycles. The van der Waals surface area contributed by atoms with Crippen LogP contribution in [-0.2, 0) is 16.1 Å². The van der Waals surface area contributed by atoms with Crippen molar-refractivity contribution < 1.29 is 14.7 Å². The molecular weight excluding hydrogens is 256 g/mol. The summed E-state index contributed by atoms with van der Waals surface area (Å²) in [5, 5.41) is 12.2. The lowest BCUT2D eigenvalue weighted by Gasteiger charge is -2.27. The van der Waals surface area contributed by atoms with E-state index in [0.29, 0.717) is 6.54 Å². The van der Waals surface area contributed by atoms with Crippen molar-refractivity contribution in [3.63, 3.8) is 0 Å². The minimum atomic E-state index is -0.818. The summed E-state index contributed by atoms with van der Waals surface area (Å²) in [5.74, 6) is -1.34. The molecule has 0 radical (unpaired) electrons. The van der Waals surface area contributed by atoms with Gasteiger partial charge >= 0.3 is 5.97 Å². The summed E-state index contributed by atoms with van der Waals surface area (Å²) in [6, 6.07) is 3.69. The maximum absolute atomic E-state index is 12.3. The smallest absolute Gasteiger partial charge is 0.307 e. The summed E-state index contributed by atoms with van der Waals surface area (Å²) in [5.41, 5.74) is 0.975. The zero-order valence-electron chi connectivity index (χ0n) is 11.2. The molecule has 2 fully saturated rings. The minimum absolute atomic E-state index is 0.110. The molecule has 4 atom stereocenters. The predicted octanol–water partition coefficient (Wildman–Crippen LogP) is 1.44. The van der Waals surface area contributed by atoms with Crippen LogP contribution in [0.3, 0.4) is 0 Å². The van der Waals surface area contributed by atoms with Crippen molar-refractivity contribution in [1.29, 1.82) is 0 Å². The Kier molecular flexibility index (Phi) is 3.42. The highest BCUT2D eigenvalue weighted by atomic mass is 16.4.